The number of nitrogens with one attached hydrogen (secondary N) is 1. The minimum absolute atomic E-state index is 0.0355. The molecule has 2 nitrogen and oxygen atoms in total. The van der Waals surface area contributed by atoms with Crippen LogP contribution in [0.5, 0.6) is 0 Å². The molecule has 0 unspecified atom stereocenters. The molecule has 1 aliphatic heterocycles. The van der Waals surface area contributed by atoms with Crippen LogP contribution in [-0.2, 0) is 4.79 Å². The highest BCUT2D eigenvalue weighted by molar-refractivity contribution is 6.10. The van der Waals surface area contributed by atoms with Crippen molar-refractivity contribution in [3.63, 3.8) is 0 Å². The normalized spacial score (nSPS) is 17.6. The summed E-state index contributed by atoms with van der Waals surface area (Å²) in [7, 11) is 0. The van der Waals surface area contributed by atoms with E-state index in [1.165, 1.54) is 12.1 Å². The summed E-state index contributed by atoms with van der Waals surface area (Å²) in [6.45, 7) is 7.93. The van der Waals surface area contributed by atoms with Gasteiger partial charge < -0.3 is 5.32 Å². The fourth-order valence-corrected chi connectivity index (χ4v) is 2.51. The molecular weight excluding hydrogens is 217 g/mol. The lowest BCUT2D eigenvalue weighted by atomic mass is 9.70. The minimum Gasteiger partial charge on any atom is -0.325 e. The lowest BCUT2D eigenvalue weighted by molar-refractivity contribution is -0.123. The van der Waals surface area contributed by atoms with Crippen LogP contribution in [0.3, 0.4) is 0 Å². The first-order valence-electron chi connectivity index (χ1n) is 5.86. The Morgan fingerprint density at radius 2 is 2.00 bits per heavy atom. The van der Waals surface area contributed by atoms with Gasteiger partial charge in [0.05, 0.1) is 5.41 Å². The summed E-state index contributed by atoms with van der Waals surface area (Å²) < 4.78 is 13.3. The van der Waals surface area contributed by atoms with Crippen molar-refractivity contribution in [2.45, 2.75) is 26.7 Å². The molecule has 0 saturated carbocycles. The van der Waals surface area contributed by atoms with Gasteiger partial charge in [-0.25, -0.2) is 4.39 Å². The molecule has 0 saturated heterocycles. The first-order valence-corrected chi connectivity index (χ1v) is 5.86. The van der Waals surface area contributed by atoms with Gasteiger partial charge >= 0.3 is 0 Å². The Labute approximate surface area is 101 Å². The van der Waals surface area contributed by atoms with Gasteiger partial charge in [0.2, 0.25) is 5.91 Å². The van der Waals surface area contributed by atoms with E-state index in [-0.39, 0.29) is 11.7 Å². The summed E-state index contributed by atoms with van der Waals surface area (Å²) in [6, 6.07) is 4.37. The van der Waals surface area contributed by atoms with E-state index in [9.17, 15) is 9.18 Å². The lowest BCUT2D eigenvalue weighted by Gasteiger charge is -2.37. The average molecular weight is 233 g/mol. The number of rotatable bonds is 2. The van der Waals surface area contributed by atoms with Gasteiger partial charge in [-0.3, -0.25) is 4.79 Å². The Hall–Kier alpha value is -1.64. The SMILES string of the molecule is C=C1c2cc(F)ccc2NC(=O)C1(CC)CC. The van der Waals surface area contributed by atoms with Crippen molar-refractivity contribution in [2.24, 2.45) is 5.41 Å². The number of fused-ring (bicyclic) bond motifs is 1. The smallest absolute Gasteiger partial charge is 0.235 e. The first-order chi connectivity index (χ1) is 8.05. The highest BCUT2D eigenvalue weighted by Crippen LogP contribution is 2.46. The minimum atomic E-state index is -0.596. The average Bonchev–Trinajstić information content (AvgIpc) is 2.32. The number of carbonyl (C=O) groups excluding carboxylic acids is 1. The monoisotopic (exact) mass is 233 g/mol. The summed E-state index contributed by atoms with van der Waals surface area (Å²) in [5.74, 6) is -0.339. The Kier molecular flexibility index (Phi) is 2.77. The molecule has 1 N–H and O–H groups in total. The predicted molar refractivity (Wildman–Crippen MR) is 67.1 cm³/mol. The number of carbonyl (C=O) groups is 1. The summed E-state index contributed by atoms with van der Waals surface area (Å²) in [5, 5.41) is 2.84. The third-order valence-electron chi connectivity index (χ3n) is 3.77. The van der Waals surface area contributed by atoms with Gasteiger partial charge in [-0.2, -0.15) is 0 Å². The fourth-order valence-electron chi connectivity index (χ4n) is 2.51. The van der Waals surface area contributed by atoms with Gasteiger partial charge in [-0.05, 0) is 36.6 Å². The molecule has 0 atom stereocenters. The predicted octanol–water partition coefficient (Wildman–Crippen LogP) is 3.60. The molecule has 0 spiro atoms. The van der Waals surface area contributed by atoms with Crippen molar-refractivity contribution in [3.05, 3.63) is 36.2 Å². The van der Waals surface area contributed by atoms with E-state index in [1.54, 1.807) is 6.07 Å². The second-order valence-electron chi connectivity index (χ2n) is 4.41. The highest BCUT2D eigenvalue weighted by Gasteiger charge is 2.42. The molecule has 2 rings (SSSR count). The largest absolute Gasteiger partial charge is 0.325 e. The van der Waals surface area contributed by atoms with Crippen LogP contribution >= 0.6 is 0 Å². The zero-order valence-corrected chi connectivity index (χ0v) is 10.1. The molecule has 0 fully saturated rings. The molecule has 3 heteroatoms. The van der Waals surface area contributed by atoms with Gasteiger partial charge in [0.25, 0.3) is 0 Å². The molecule has 0 bridgehead atoms. The zero-order valence-electron chi connectivity index (χ0n) is 10.1. The van der Waals surface area contributed by atoms with Crippen molar-refractivity contribution in [1.82, 2.24) is 0 Å². The number of hydrogen-bond acceptors (Lipinski definition) is 1. The lowest BCUT2D eigenvalue weighted by Crippen LogP contribution is -2.39. The molecular formula is C14H16FNO. The number of benzene rings is 1. The molecule has 90 valence electrons. The van der Waals surface area contributed by atoms with E-state index >= 15 is 0 Å². The molecule has 1 heterocycles. The summed E-state index contributed by atoms with van der Waals surface area (Å²) in [6.07, 6.45) is 1.34. The molecule has 1 amide bonds. The van der Waals surface area contributed by atoms with Crippen LogP contribution in [0.2, 0.25) is 0 Å². The van der Waals surface area contributed by atoms with Crippen LogP contribution in [0.15, 0.2) is 24.8 Å². The fraction of sp³-hybridized carbons (Fsp3) is 0.357. The number of halogens is 1. The number of anilines is 1. The third-order valence-corrected chi connectivity index (χ3v) is 3.77. The molecule has 1 aromatic carbocycles. The molecule has 0 aromatic heterocycles. The Balaban J connectivity index is 2.60. The maximum absolute atomic E-state index is 13.3. The maximum Gasteiger partial charge on any atom is 0.235 e. The van der Waals surface area contributed by atoms with Gasteiger partial charge in [0, 0.05) is 11.3 Å². The van der Waals surface area contributed by atoms with E-state index in [1.807, 2.05) is 13.8 Å². The molecule has 17 heavy (non-hydrogen) atoms. The van der Waals surface area contributed by atoms with Gasteiger partial charge in [0.15, 0.2) is 0 Å². The summed E-state index contributed by atoms with van der Waals surface area (Å²) in [5.41, 5.74) is 1.49. The molecule has 1 aliphatic rings. The van der Waals surface area contributed by atoms with Crippen LogP contribution in [0.4, 0.5) is 10.1 Å². The van der Waals surface area contributed by atoms with Crippen molar-refractivity contribution in [3.8, 4) is 0 Å². The topological polar surface area (TPSA) is 29.1 Å². The quantitative estimate of drug-likeness (QED) is 0.830. The van der Waals surface area contributed by atoms with Crippen LogP contribution in [0.1, 0.15) is 32.3 Å². The van der Waals surface area contributed by atoms with Gasteiger partial charge in [-0.15, -0.1) is 0 Å². The maximum atomic E-state index is 13.3. The molecule has 1 aromatic rings. The van der Waals surface area contributed by atoms with E-state index < -0.39 is 5.41 Å². The number of amides is 1. The van der Waals surface area contributed by atoms with E-state index in [4.69, 9.17) is 0 Å². The van der Waals surface area contributed by atoms with E-state index in [0.717, 1.165) is 5.57 Å². The molecule has 0 radical (unpaired) electrons. The standard InChI is InChI=1S/C14H16FNO/c1-4-14(5-2)9(3)11-8-10(15)6-7-12(11)16-13(14)17/h6-8H,3-5H2,1-2H3,(H,16,17). The van der Waals surface area contributed by atoms with Crippen LogP contribution < -0.4 is 5.32 Å². The zero-order chi connectivity index (χ0) is 12.6. The Morgan fingerprint density at radius 3 is 2.59 bits per heavy atom. The van der Waals surface area contributed by atoms with Gasteiger partial charge in [-0.1, -0.05) is 20.4 Å². The Morgan fingerprint density at radius 1 is 1.35 bits per heavy atom. The van der Waals surface area contributed by atoms with E-state index in [2.05, 4.69) is 11.9 Å². The van der Waals surface area contributed by atoms with Crippen molar-refractivity contribution in [1.29, 1.82) is 0 Å². The summed E-state index contributed by atoms with van der Waals surface area (Å²) in [4.78, 5) is 12.2. The second kappa shape index (κ2) is 3.99. The van der Waals surface area contributed by atoms with Gasteiger partial charge in [0.1, 0.15) is 5.82 Å². The summed E-state index contributed by atoms with van der Waals surface area (Å²) >= 11 is 0. The van der Waals surface area contributed by atoms with Crippen LogP contribution in [-0.4, -0.2) is 5.91 Å². The third kappa shape index (κ3) is 1.57. The highest BCUT2D eigenvalue weighted by atomic mass is 19.1. The van der Waals surface area contributed by atoms with Crippen LogP contribution in [0.25, 0.3) is 5.57 Å². The van der Waals surface area contributed by atoms with Crippen molar-refractivity contribution in [2.75, 3.05) is 5.32 Å². The van der Waals surface area contributed by atoms with Crippen molar-refractivity contribution >= 4 is 17.2 Å². The molecule has 0 aliphatic carbocycles. The van der Waals surface area contributed by atoms with Crippen LogP contribution in [0, 0.1) is 11.2 Å². The van der Waals surface area contributed by atoms with E-state index in [0.29, 0.717) is 24.1 Å². The second-order valence-corrected chi connectivity index (χ2v) is 4.41. The first kappa shape index (κ1) is 11.8. The number of hydrogen-bond donors (Lipinski definition) is 1. The Bertz CT molecular complexity index is 489. The van der Waals surface area contributed by atoms with Crippen molar-refractivity contribution < 1.29 is 9.18 Å².